The van der Waals surface area contributed by atoms with Crippen molar-refractivity contribution in [2.45, 2.75) is 31.0 Å². The number of benzene rings is 2. The Morgan fingerprint density at radius 2 is 1.73 bits per heavy atom. The highest BCUT2D eigenvalue weighted by atomic mass is 16.6. The predicted molar refractivity (Wildman–Crippen MR) is 155 cm³/mol. The van der Waals surface area contributed by atoms with Crippen LogP contribution >= 0.6 is 0 Å². The molecule has 44 heavy (non-hydrogen) atoms. The summed E-state index contributed by atoms with van der Waals surface area (Å²) >= 11 is 0. The lowest BCUT2D eigenvalue weighted by Gasteiger charge is -2.52. The molecule has 2 aromatic rings. The number of phenolic OH excluding ortho intramolecular Hbond substituents is 1. The molecule has 5 rings (SSSR count). The van der Waals surface area contributed by atoms with Gasteiger partial charge in [0.25, 0.3) is 0 Å². The van der Waals surface area contributed by atoms with Gasteiger partial charge < -0.3 is 30.9 Å². The molecule has 3 unspecified atom stereocenters. The number of likely N-dealkylation sites (N-methyl/N-ethyl adjacent to an activating group) is 1. The number of phenols is 1. The number of hydrogen-bond acceptors (Lipinski definition) is 11. The van der Waals surface area contributed by atoms with Gasteiger partial charge in [0.1, 0.15) is 11.5 Å². The second kappa shape index (κ2) is 11.1. The van der Waals surface area contributed by atoms with Crippen molar-refractivity contribution in [1.82, 2.24) is 10.2 Å². The number of anilines is 1. The highest BCUT2D eigenvalue weighted by molar-refractivity contribution is 6.32. The molecule has 0 aliphatic heterocycles. The van der Waals surface area contributed by atoms with E-state index in [4.69, 9.17) is 10.5 Å². The average molecular weight is 607 g/mol. The van der Waals surface area contributed by atoms with Crippen LogP contribution < -0.4 is 20.7 Å². The van der Waals surface area contributed by atoms with Gasteiger partial charge in [-0.25, -0.2) is 4.79 Å². The lowest BCUT2D eigenvalue weighted by molar-refractivity contribution is -0.181. The second-order valence-electron chi connectivity index (χ2n) is 12.0. The molecule has 0 aromatic heterocycles. The van der Waals surface area contributed by atoms with E-state index in [2.05, 4.69) is 5.32 Å². The van der Waals surface area contributed by atoms with Crippen molar-refractivity contribution in [3.05, 3.63) is 53.1 Å². The van der Waals surface area contributed by atoms with Crippen molar-refractivity contribution in [3.63, 3.8) is 0 Å². The first-order chi connectivity index (χ1) is 20.7. The van der Waals surface area contributed by atoms with Crippen molar-refractivity contribution >= 4 is 40.8 Å². The van der Waals surface area contributed by atoms with Crippen LogP contribution in [0.5, 0.6) is 11.5 Å². The molecular formula is C31H34N4O9. The fourth-order valence-electron chi connectivity index (χ4n) is 7.04. The summed E-state index contributed by atoms with van der Waals surface area (Å²) in [5, 5.41) is 25.6. The molecule has 5 N–H and O–H groups in total. The third-order valence-electron chi connectivity index (χ3n) is 8.98. The van der Waals surface area contributed by atoms with E-state index in [0.717, 1.165) is 0 Å². The molecule has 6 atom stereocenters. The van der Waals surface area contributed by atoms with Gasteiger partial charge in [-0.2, -0.15) is 0 Å². The second-order valence-corrected chi connectivity index (χ2v) is 12.0. The van der Waals surface area contributed by atoms with Crippen LogP contribution in [-0.2, 0) is 32.1 Å². The zero-order valence-electron chi connectivity index (χ0n) is 24.7. The molecule has 232 valence electrons. The molecule has 0 spiro atoms. The number of rotatable bonds is 6. The van der Waals surface area contributed by atoms with Crippen LogP contribution in [0.15, 0.2) is 36.4 Å². The lowest BCUT2D eigenvalue weighted by Crippen LogP contribution is -2.74. The van der Waals surface area contributed by atoms with Gasteiger partial charge in [0.15, 0.2) is 34.7 Å². The molecular weight excluding hydrogens is 572 g/mol. The normalized spacial score (nSPS) is 27.7. The average Bonchev–Trinajstić information content (AvgIpc) is 2.94. The Bertz CT molecular complexity index is 1590. The maximum Gasteiger partial charge on any atom is 0.412 e. The van der Waals surface area contributed by atoms with E-state index in [9.17, 15) is 39.0 Å². The molecule has 13 heteroatoms. The predicted octanol–water partition coefficient (Wildman–Crippen LogP) is 0.222. The number of Topliss-reactive ketones (excluding diaryl/α,β-unsaturated/α-hetero) is 4. The zero-order valence-corrected chi connectivity index (χ0v) is 24.7. The summed E-state index contributed by atoms with van der Waals surface area (Å²) in [5.74, 6) is -11.0. The van der Waals surface area contributed by atoms with Crippen LogP contribution in [0.25, 0.3) is 0 Å². The number of carbonyl (C=O) groups is 6. The lowest BCUT2D eigenvalue weighted by atomic mass is 9.52. The Morgan fingerprint density at radius 3 is 2.32 bits per heavy atom. The number of ether oxygens (including phenoxy) is 1. The number of para-hydroxylation sites is 1. The number of carbonyl (C=O) groups excluding carboxylic acids is 6. The highest BCUT2D eigenvalue weighted by Gasteiger charge is 2.69. The number of fused-ring (bicyclic) bond motifs is 3. The largest absolute Gasteiger partial charge is 0.507 e. The smallest absolute Gasteiger partial charge is 0.412 e. The van der Waals surface area contributed by atoms with E-state index in [-0.39, 0.29) is 30.5 Å². The summed E-state index contributed by atoms with van der Waals surface area (Å²) < 4.78 is 5.23. The number of hydrogen-bond donors (Lipinski definition) is 4. The van der Waals surface area contributed by atoms with Gasteiger partial charge in [-0.15, -0.1) is 0 Å². The molecule has 3 aliphatic carbocycles. The van der Waals surface area contributed by atoms with E-state index in [1.807, 2.05) is 0 Å². The number of amides is 2. The number of primary amides is 1. The first-order valence-electron chi connectivity index (χ1n) is 14.1. The van der Waals surface area contributed by atoms with E-state index in [0.29, 0.717) is 17.0 Å². The van der Waals surface area contributed by atoms with E-state index < -0.39 is 76.2 Å². The third-order valence-corrected chi connectivity index (χ3v) is 8.98. The van der Waals surface area contributed by atoms with Crippen molar-refractivity contribution in [1.29, 1.82) is 0 Å². The van der Waals surface area contributed by atoms with Gasteiger partial charge in [0.2, 0.25) is 5.91 Å². The molecule has 0 heterocycles. The van der Waals surface area contributed by atoms with E-state index in [1.54, 1.807) is 55.4 Å². The van der Waals surface area contributed by atoms with Gasteiger partial charge in [-0.05, 0) is 56.6 Å². The van der Waals surface area contributed by atoms with Crippen LogP contribution in [0.3, 0.4) is 0 Å². The Labute approximate surface area is 252 Å². The molecule has 3 aliphatic rings. The third kappa shape index (κ3) is 4.72. The number of ketones is 4. The number of nitrogens with zero attached hydrogens (tertiary/aromatic N) is 2. The molecule has 0 radical (unpaired) electrons. The Kier molecular flexibility index (Phi) is 7.80. The number of nitrogens with two attached hydrogens (primary N) is 1. The van der Waals surface area contributed by atoms with Crippen LogP contribution in [0.2, 0.25) is 0 Å². The summed E-state index contributed by atoms with van der Waals surface area (Å²) in [5.41, 5.74) is 3.59. The summed E-state index contributed by atoms with van der Waals surface area (Å²) in [6.45, 7) is -0.224. The van der Waals surface area contributed by atoms with Crippen molar-refractivity contribution < 1.29 is 43.7 Å². The summed E-state index contributed by atoms with van der Waals surface area (Å²) in [7, 11) is 6.53. The molecule has 2 saturated carbocycles. The first kappa shape index (κ1) is 30.8. The fourth-order valence-corrected chi connectivity index (χ4v) is 7.04. The minimum Gasteiger partial charge on any atom is -0.507 e. The number of nitrogens with one attached hydrogen (secondary N) is 1. The molecule has 2 fully saturated rings. The maximum absolute atomic E-state index is 14.1. The minimum atomic E-state index is -2.81. The highest BCUT2D eigenvalue weighted by Crippen LogP contribution is 2.52. The number of aromatic hydroxyl groups is 1. The molecule has 0 saturated heterocycles. The summed E-state index contributed by atoms with van der Waals surface area (Å²) in [6.07, 6.45) is -0.727. The summed E-state index contributed by atoms with van der Waals surface area (Å²) in [4.78, 5) is 82.6. The molecule has 0 bridgehead atoms. The van der Waals surface area contributed by atoms with Gasteiger partial charge in [0, 0.05) is 37.8 Å². The quantitative estimate of drug-likeness (QED) is 0.328. The van der Waals surface area contributed by atoms with Crippen molar-refractivity contribution in [2.24, 2.45) is 29.4 Å². The van der Waals surface area contributed by atoms with Gasteiger partial charge in [-0.3, -0.25) is 28.9 Å². The zero-order chi connectivity index (χ0) is 32.2. The Balaban J connectivity index is 1.53. The molecule has 2 aromatic carbocycles. The van der Waals surface area contributed by atoms with Crippen molar-refractivity contribution in [3.8, 4) is 11.5 Å². The van der Waals surface area contributed by atoms with Crippen LogP contribution in [0.1, 0.15) is 27.9 Å². The van der Waals surface area contributed by atoms with Crippen LogP contribution in [0, 0.1) is 23.7 Å². The minimum absolute atomic E-state index is 0.0494. The fraction of sp³-hybridized carbons (Fsp3) is 0.419. The van der Waals surface area contributed by atoms with Gasteiger partial charge in [-0.1, -0.05) is 18.2 Å². The monoisotopic (exact) mass is 606 g/mol. The molecule has 2 amide bonds. The van der Waals surface area contributed by atoms with Crippen molar-refractivity contribution in [2.75, 3.05) is 33.1 Å². The Morgan fingerprint density at radius 1 is 1.07 bits per heavy atom. The first-order valence-corrected chi connectivity index (χ1v) is 14.1. The number of aliphatic hydroxyl groups is 1. The van der Waals surface area contributed by atoms with Gasteiger partial charge >= 0.3 is 6.09 Å². The topological polar surface area (TPSA) is 197 Å². The summed E-state index contributed by atoms with van der Waals surface area (Å²) in [6, 6.07) is 8.78. The van der Waals surface area contributed by atoms with Gasteiger partial charge in [0.05, 0.1) is 17.5 Å². The Hall–Kier alpha value is -4.62. The van der Waals surface area contributed by atoms with Crippen LogP contribution in [0.4, 0.5) is 10.5 Å². The van der Waals surface area contributed by atoms with Crippen LogP contribution in [-0.4, -0.2) is 90.1 Å². The SMILES string of the molecule is CN(C)c1cc(CNC(=O)Oc2ccccc2)c(O)c2c1C[C@H]1C[C@H]3C(N(C)C)C(=O)C(C(N)=O)C(=O)[C@@]3(O)C(=O)C1C2=O. The van der Waals surface area contributed by atoms with E-state index in [1.165, 1.54) is 19.0 Å². The maximum atomic E-state index is 14.1. The van der Waals surface area contributed by atoms with E-state index >= 15 is 0 Å². The standard InChI is InChI=1S/C31H34N4O9/c1-34(2)19-12-15(13-33-30(42)44-16-8-6-5-7-9-16)24(36)21-17(19)10-14-11-18-23(35(3)4)26(38)22(29(32)41)28(40)31(18,43)27(39)20(14)25(21)37/h5-9,12,14,18,20,22-23,36,43H,10-11,13H2,1-4H3,(H2,32,41)(H,33,42)/t14-,18-,20?,22?,23?,31-/m0/s1. The molecule has 13 nitrogen and oxygen atoms in total.